The highest BCUT2D eigenvalue weighted by molar-refractivity contribution is 5.67. The largest absolute Gasteiger partial charge is 0.459 e. The maximum atomic E-state index is 12.8. The number of ether oxygens (including phenoxy) is 8. The zero-order valence-corrected chi connectivity index (χ0v) is 36.5. The van der Waals surface area contributed by atoms with E-state index in [1.165, 1.54) is 13.8 Å². The fourth-order valence-electron chi connectivity index (χ4n) is 7.55. The van der Waals surface area contributed by atoms with E-state index in [1.807, 2.05) is 152 Å². The van der Waals surface area contributed by atoms with E-state index in [2.05, 4.69) is 10.0 Å². The second kappa shape index (κ2) is 26.3. The zero-order valence-electron chi connectivity index (χ0n) is 37.5. The van der Waals surface area contributed by atoms with Crippen LogP contribution in [-0.4, -0.2) is 85.6 Å². The van der Waals surface area contributed by atoms with Crippen molar-refractivity contribution < 1.29 is 54.0 Å². The second-order valence-electron chi connectivity index (χ2n) is 15.6. The SMILES string of the molecule is [2H]C(=O)C(C)C(OC(C)=O)[C@H](OCc1ccccc1)[C@H](OCc1ccccc1)[C@@H](CO)O[C@@H]1O[C@H](COCc2ccccc2)[C@@H](OCc2ccccc2)[C@H](OCc2ccccc2)[C@H]1N=[N+]=[N-]. The highest BCUT2D eigenvalue weighted by Gasteiger charge is 2.50. The van der Waals surface area contributed by atoms with E-state index >= 15 is 0 Å². The minimum Gasteiger partial charge on any atom is -0.459 e. The summed E-state index contributed by atoms with van der Waals surface area (Å²) < 4.78 is 60.2. The average molecular weight is 889 g/mol. The molecule has 5 aromatic rings. The Labute approximate surface area is 381 Å². The summed E-state index contributed by atoms with van der Waals surface area (Å²) in [7, 11) is 0. The zero-order chi connectivity index (χ0) is 46.5. The summed E-state index contributed by atoms with van der Waals surface area (Å²) in [5.41, 5.74) is 14.3. The van der Waals surface area contributed by atoms with Crippen molar-refractivity contribution in [2.24, 2.45) is 11.0 Å². The minimum absolute atomic E-state index is 0.0133. The molecule has 1 aliphatic heterocycles. The number of hydrogen-bond acceptors (Lipinski definition) is 12. The highest BCUT2D eigenvalue weighted by atomic mass is 16.7. The molecule has 14 heteroatoms. The predicted octanol–water partition coefficient (Wildman–Crippen LogP) is 8.09. The molecule has 0 amide bonds. The number of benzene rings is 5. The number of rotatable bonds is 26. The molecule has 1 aliphatic rings. The molecule has 1 N–H and O–H groups in total. The van der Waals surface area contributed by atoms with Crippen LogP contribution in [0, 0.1) is 5.92 Å². The summed E-state index contributed by atoms with van der Waals surface area (Å²) in [6.07, 6.45) is -10.6. The fourth-order valence-corrected chi connectivity index (χ4v) is 7.55. The van der Waals surface area contributed by atoms with E-state index in [9.17, 15) is 20.2 Å². The Morgan fingerprint density at radius 2 is 1.15 bits per heavy atom. The van der Waals surface area contributed by atoms with E-state index in [1.54, 1.807) is 0 Å². The van der Waals surface area contributed by atoms with Gasteiger partial charge in [-0.2, -0.15) is 0 Å². The first-order chi connectivity index (χ1) is 32.2. The predicted molar refractivity (Wildman–Crippen MR) is 241 cm³/mol. The summed E-state index contributed by atoms with van der Waals surface area (Å²) in [6, 6.07) is 45.9. The smallest absolute Gasteiger partial charge is 0.303 e. The van der Waals surface area contributed by atoms with Crippen molar-refractivity contribution in [3.63, 3.8) is 0 Å². The Morgan fingerprint density at radius 3 is 1.60 bits per heavy atom. The van der Waals surface area contributed by atoms with E-state index in [0.717, 1.165) is 27.8 Å². The van der Waals surface area contributed by atoms with Gasteiger partial charge in [-0.3, -0.25) is 4.79 Å². The van der Waals surface area contributed by atoms with E-state index in [-0.39, 0.29) is 39.6 Å². The average Bonchev–Trinajstić information content (AvgIpc) is 3.34. The molecule has 2 unspecified atom stereocenters. The first-order valence-electron chi connectivity index (χ1n) is 22.1. The van der Waals surface area contributed by atoms with Gasteiger partial charge in [0.05, 0.1) is 52.2 Å². The minimum atomic E-state index is -1.43. The van der Waals surface area contributed by atoms with Crippen LogP contribution in [-0.2, 0) is 80.5 Å². The van der Waals surface area contributed by atoms with Gasteiger partial charge in [-0.25, -0.2) is 0 Å². The molecule has 1 fully saturated rings. The molecular formula is C51H57N3O11. The van der Waals surface area contributed by atoms with Gasteiger partial charge in [0.1, 0.15) is 56.4 Å². The third-order valence-electron chi connectivity index (χ3n) is 10.8. The van der Waals surface area contributed by atoms with Gasteiger partial charge in [-0.05, 0) is 33.3 Å². The maximum absolute atomic E-state index is 12.8. The highest BCUT2D eigenvalue weighted by Crippen LogP contribution is 2.34. The van der Waals surface area contributed by atoms with Crippen LogP contribution < -0.4 is 0 Å². The van der Waals surface area contributed by atoms with Crippen LogP contribution in [0.2, 0.25) is 0 Å². The number of aliphatic hydroxyl groups excluding tert-OH is 1. The van der Waals surface area contributed by atoms with Crippen LogP contribution in [0.5, 0.6) is 0 Å². The monoisotopic (exact) mass is 888 g/mol. The molecule has 0 aromatic heterocycles. The van der Waals surface area contributed by atoms with Gasteiger partial charge >= 0.3 is 5.97 Å². The van der Waals surface area contributed by atoms with Gasteiger partial charge < -0.3 is 47.8 Å². The topological polar surface area (TPSA) is 177 Å². The van der Waals surface area contributed by atoms with Crippen LogP contribution >= 0.6 is 0 Å². The Morgan fingerprint density at radius 1 is 0.708 bits per heavy atom. The molecule has 0 bridgehead atoms. The van der Waals surface area contributed by atoms with Gasteiger partial charge in [0.25, 0.3) is 0 Å². The molecule has 5 aromatic carbocycles. The van der Waals surface area contributed by atoms with Crippen molar-refractivity contribution in [2.45, 2.75) is 102 Å². The number of nitrogens with zero attached hydrogens (tertiary/aromatic N) is 3. The third kappa shape index (κ3) is 14.9. The Hall–Kier alpha value is -5.77. The molecule has 0 radical (unpaired) electrons. The van der Waals surface area contributed by atoms with Crippen LogP contribution in [0.3, 0.4) is 0 Å². The van der Waals surface area contributed by atoms with Crippen LogP contribution in [0.1, 0.15) is 43.0 Å². The molecule has 65 heavy (non-hydrogen) atoms. The van der Waals surface area contributed by atoms with Crippen LogP contribution in [0.4, 0.5) is 0 Å². The number of aliphatic hydroxyl groups is 1. The summed E-state index contributed by atoms with van der Waals surface area (Å²) >= 11 is 0. The Kier molecular flexibility index (Phi) is 19.1. The summed E-state index contributed by atoms with van der Waals surface area (Å²) in [4.78, 5) is 28.8. The van der Waals surface area contributed by atoms with Crippen molar-refractivity contribution in [3.05, 3.63) is 190 Å². The molecule has 6 rings (SSSR count). The summed E-state index contributed by atoms with van der Waals surface area (Å²) in [5, 5.41) is 15.6. The van der Waals surface area contributed by atoms with Gasteiger partial charge in [-0.15, -0.1) is 0 Å². The normalized spacial score (nSPS) is 20.8. The second-order valence-corrected chi connectivity index (χ2v) is 15.6. The number of carbonyl (C=O) groups excluding carboxylic acids is 2. The van der Waals surface area contributed by atoms with Gasteiger partial charge in [0, 0.05) is 11.8 Å². The van der Waals surface area contributed by atoms with Crippen molar-refractivity contribution in [1.29, 1.82) is 0 Å². The van der Waals surface area contributed by atoms with E-state index in [0.29, 0.717) is 0 Å². The summed E-state index contributed by atoms with van der Waals surface area (Å²) in [5.74, 6) is -1.94. The molecular weight excluding hydrogens is 831 g/mol. The molecule has 342 valence electrons. The van der Waals surface area contributed by atoms with Crippen molar-refractivity contribution in [3.8, 4) is 0 Å². The van der Waals surface area contributed by atoms with E-state index in [4.69, 9.17) is 39.3 Å². The molecule has 0 saturated carbocycles. The number of aldehydes is 1. The number of carbonyl (C=O) groups is 2. The Bertz CT molecular complexity index is 2230. The number of hydrogen-bond donors (Lipinski definition) is 1. The molecule has 14 nitrogen and oxygen atoms in total. The van der Waals surface area contributed by atoms with Gasteiger partial charge in [0.2, 0.25) is 0 Å². The lowest BCUT2D eigenvalue weighted by molar-refractivity contribution is -0.311. The Balaban J connectivity index is 1.41. The maximum Gasteiger partial charge on any atom is 0.303 e. The molecule has 1 heterocycles. The lowest BCUT2D eigenvalue weighted by atomic mass is 9.93. The quantitative estimate of drug-likeness (QED) is 0.0187. The lowest BCUT2D eigenvalue weighted by Crippen LogP contribution is -2.62. The number of azide groups is 1. The fraction of sp³-hybridized carbons (Fsp3) is 0.373. The van der Waals surface area contributed by atoms with Crippen molar-refractivity contribution in [2.75, 3.05) is 13.2 Å². The van der Waals surface area contributed by atoms with Crippen LogP contribution in [0.15, 0.2) is 157 Å². The molecule has 0 aliphatic carbocycles. The molecule has 1 saturated heterocycles. The van der Waals surface area contributed by atoms with Crippen molar-refractivity contribution in [1.82, 2.24) is 0 Å². The van der Waals surface area contributed by atoms with Gasteiger partial charge in [0.15, 0.2) is 6.29 Å². The molecule has 0 spiro atoms. The first kappa shape index (κ1) is 47.2. The first-order valence-corrected chi connectivity index (χ1v) is 21.6. The van der Waals surface area contributed by atoms with Crippen molar-refractivity contribution >= 4 is 12.2 Å². The number of esters is 1. The standard InChI is InChI=1S/C51H57N3O11/c1-36(28-55)46(63-37(2)57)50(62-34-42-26-16-7-17-27-42)47(59-31-39-20-10-4-11-21-39)43(29-56)64-51-45(53-54-52)49(61-33-41-24-14-6-15-25-41)48(60-32-40-22-12-5-13-23-40)44(65-51)35-58-30-38-18-8-3-9-19-38/h3-28,36,43-51,56H,29-35H2,1-2H3/t36?,43-,44-,45-,46?,47-,48-,49-,50+,51-/m1/s1/i28D. The molecule has 10 atom stereocenters. The summed E-state index contributed by atoms with van der Waals surface area (Å²) in [6.45, 7) is 2.34. The lowest BCUT2D eigenvalue weighted by Gasteiger charge is -2.46. The van der Waals surface area contributed by atoms with Crippen LogP contribution in [0.25, 0.3) is 10.4 Å². The third-order valence-corrected chi connectivity index (χ3v) is 10.8. The van der Waals surface area contributed by atoms with Gasteiger partial charge in [-0.1, -0.05) is 164 Å². The van der Waals surface area contributed by atoms with E-state index < -0.39 is 79.8 Å².